The molecule has 0 saturated carbocycles. The molecule has 2 aliphatic rings. The first-order chi connectivity index (χ1) is 16.8. The van der Waals surface area contributed by atoms with E-state index in [1.165, 1.54) is 60.9 Å². The van der Waals surface area contributed by atoms with Gasteiger partial charge in [0.2, 0.25) is 0 Å². The Hall–Kier alpha value is -4.17. The highest BCUT2D eigenvalue weighted by Crippen LogP contribution is 2.60. The number of hydrogen-bond donors (Lipinski definition) is 0. The highest BCUT2D eigenvalue weighted by atomic mass is 15.1. The van der Waals surface area contributed by atoms with Gasteiger partial charge in [-0.05, 0) is 63.6 Å². The van der Waals surface area contributed by atoms with E-state index < -0.39 is 0 Å². The maximum Gasteiger partial charge on any atom is 0.145 e. The van der Waals surface area contributed by atoms with Crippen LogP contribution in [-0.4, -0.2) is 9.55 Å². The number of rotatable bonds is 1. The van der Waals surface area contributed by atoms with Crippen molar-refractivity contribution in [1.29, 1.82) is 0 Å². The van der Waals surface area contributed by atoms with E-state index in [1.54, 1.807) is 0 Å². The predicted molar refractivity (Wildman–Crippen MR) is 139 cm³/mol. The lowest BCUT2D eigenvalue weighted by molar-refractivity contribution is 0.746. The molecule has 0 amide bonds. The molecule has 1 spiro atoms. The maximum absolute atomic E-state index is 4.89. The van der Waals surface area contributed by atoms with Crippen LogP contribution in [0.25, 0.3) is 38.8 Å². The molecule has 0 saturated heterocycles. The number of pyridine rings is 1. The normalized spacial score (nSPS) is 14.4. The maximum atomic E-state index is 4.89. The molecule has 2 heteroatoms. The minimum atomic E-state index is -0.349. The van der Waals surface area contributed by atoms with Crippen LogP contribution in [0.2, 0.25) is 0 Å². The second-order valence-corrected chi connectivity index (χ2v) is 9.46. The Morgan fingerprint density at radius 1 is 0.676 bits per heavy atom. The van der Waals surface area contributed by atoms with Crippen molar-refractivity contribution in [1.82, 2.24) is 9.55 Å². The lowest BCUT2D eigenvalue weighted by atomic mass is 9.65. The fourth-order valence-electron chi connectivity index (χ4n) is 6.69. The Morgan fingerprint density at radius 3 is 2.15 bits per heavy atom. The van der Waals surface area contributed by atoms with Crippen molar-refractivity contribution in [2.45, 2.75) is 18.8 Å². The molecule has 0 atom stereocenters. The van der Waals surface area contributed by atoms with E-state index >= 15 is 0 Å². The van der Waals surface area contributed by atoms with Crippen LogP contribution in [0, 0.1) is 0 Å². The number of aromatic nitrogens is 2. The number of hydrogen-bond acceptors (Lipinski definition) is 1. The Bertz CT molecular complexity index is 1760. The second kappa shape index (κ2) is 6.24. The molecule has 0 bridgehead atoms. The molecular weight excluding hydrogens is 412 g/mol. The van der Waals surface area contributed by atoms with Crippen LogP contribution in [0.4, 0.5) is 0 Å². The summed E-state index contributed by atoms with van der Waals surface area (Å²) in [4.78, 5) is 4.89. The molecule has 1 aliphatic carbocycles. The fourth-order valence-corrected chi connectivity index (χ4v) is 6.69. The molecule has 3 heterocycles. The zero-order valence-corrected chi connectivity index (χ0v) is 18.9. The van der Waals surface area contributed by atoms with E-state index in [0.717, 1.165) is 12.1 Å². The average molecular weight is 435 g/mol. The molecule has 0 N–H and O–H groups in total. The van der Waals surface area contributed by atoms with Gasteiger partial charge >= 0.3 is 0 Å². The van der Waals surface area contributed by atoms with Crippen LogP contribution < -0.4 is 0 Å². The van der Waals surface area contributed by atoms with Gasteiger partial charge < -0.3 is 0 Å². The van der Waals surface area contributed by atoms with Crippen LogP contribution in [0.15, 0.2) is 103 Å². The summed E-state index contributed by atoms with van der Waals surface area (Å²) in [6.45, 7) is 2.23. The smallest absolute Gasteiger partial charge is 0.145 e. The van der Waals surface area contributed by atoms with Crippen LogP contribution >= 0.6 is 0 Å². The van der Waals surface area contributed by atoms with Gasteiger partial charge in [-0.15, -0.1) is 0 Å². The third-order valence-electron chi connectivity index (χ3n) is 8.02. The molecule has 0 fully saturated rings. The molecule has 2 aromatic heterocycles. The first-order valence-electron chi connectivity index (χ1n) is 12.1. The molecule has 4 aromatic carbocycles. The summed E-state index contributed by atoms with van der Waals surface area (Å²) in [6.07, 6.45) is 2.92. The standard InChI is InChI=1S/C32H22N2/c1-2-20-16-17-27-29(19-20)34-30-23(24-12-8-18-33-31(24)34)11-7-15-28(30)32(27)25-13-5-3-9-21(25)22-10-4-6-14-26(22)32/h3-19H,2H2,1H3. The van der Waals surface area contributed by atoms with Crippen molar-refractivity contribution in [2.75, 3.05) is 0 Å². The average Bonchev–Trinajstić information content (AvgIpc) is 3.39. The monoisotopic (exact) mass is 434 g/mol. The topological polar surface area (TPSA) is 17.8 Å². The summed E-state index contributed by atoms with van der Waals surface area (Å²) in [5, 5.41) is 2.48. The Morgan fingerprint density at radius 2 is 1.38 bits per heavy atom. The Kier molecular flexibility index (Phi) is 3.35. The highest BCUT2D eigenvalue weighted by molar-refractivity contribution is 6.11. The van der Waals surface area contributed by atoms with Gasteiger partial charge in [0.05, 0.1) is 16.6 Å². The molecule has 2 nitrogen and oxygen atoms in total. The van der Waals surface area contributed by atoms with E-state index in [-0.39, 0.29) is 5.41 Å². The van der Waals surface area contributed by atoms with Crippen molar-refractivity contribution in [2.24, 2.45) is 0 Å². The third kappa shape index (κ3) is 1.93. The van der Waals surface area contributed by atoms with E-state index in [4.69, 9.17) is 4.98 Å². The molecule has 8 rings (SSSR count). The lowest BCUT2D eigenvalue weighted by Crippen LogP contribution is -2.33. The van der Waals surface area contributed by atoms with E-state index in [0.29, 0.717) is 0 Å². The zero-order chi connectivity index (χ0) is 22.4. The van der Waals surface area contributed by atoms with Gasteiger partial charge in [0.1, 0.15) is 5.65 Å². The summed E-state index contributed by atoms with van der Waals surface area (Å²) >= 11 is 0. The van der Waals surface area contributed by atoms with Crippen LogP contribution in [0.1, 0.15) is 34.7 Å². The number of aryl methyl sites for hydroxylation is 1. The van der Waals surface area contributed by atoms with Crippen LogP contribution in [0.5, 0.6) is 0 Å². The first kappa shape index (κ1) is 18.3. The third-order valence-corrected chi connectivity index (χ3v) is 8.02. The highest BCUT2D eigenvalue weighted by Gasteiger charge is 2.50. The zero-order valence-electron chi connectivity index (χ0n) is 18.9. The number of fused-ring (bicyclic) bond motifs is 12. The van der Waals surface area contributed by atoms with E-state index in [1.807, 2.05) is 6.20 Å². The Labute approximate surface area is 198 Å². The second-order valence-electron chi connectivity index (χ2n) is 9.46. The summed E-state index contributed by atoms with van der Waals surface area (Å²) in [5.74, 6) is 0. The van der Waals surface area contributed by atoms with Gasteiger partial charge in [0.15, 0.2) is 0 Å². The van der Waals surface area contributed by atoms with Crippen molar-refractivity contribution in [3.05, 3.63) is 131 Å². The molecule has 34 heavy (non-hydrogen) atoms. The molecule has 160 valence electrons. The number of para-hydroxylation sites is 1. The van der Waals surface area contributed by atoms with Crippen LogP contribution in [-0.2, 0) is 11.8 Å². The van der Waals surface area contributed by atoms with E-state index in [2.05, 4.69) is 109 Å². The largest absolute Gasteiger partial charge is 0.293 e. The van der Waals surface area contributed by atoms with Gasteiger partial charge in [-0.25, -0.2) is 4.98 Å². The van der Waals surface area contributed by atoms with Gasteiger partial charge in [-0.2, -0.15) is 0 Å². The van der Waals surface area contributed by atoms with Gasteiger partial charge in [-0.3, -0.25) is 4.57 Å². The molecule has 6 aromatic rings. The summed E-state index contributed by atoms with van der Waals surface area (Å²) in [6, 6.07) is 36.1. The quantitative estimate of drug-likeness (QED) is 0.263. The van der Waals surface area contributed by atoms with Gasteiger partial charge in [0, 0.05) is 17.0 Å². The molecule has 0 radical (unpaired) electrons. The lowest BCUT2D eigenvalue weighted by Gasteiger charge is -2.39. The first-order valence-corrected chi connectivity index (χ1v) is 12.1. The van der Waals surface area contributed by atoms with Crippen molar-refractivity contribution in [3.8, 4) is 16.8 Å². The van der Waals surface area contributed by atoms with Gasteiger partial charge in [-0.1, -0.05) is 85.8 Å². The molecule has 1 aliphatic heterocycles. The van der Waals surface area contributed by atoms with E-state index in [9.17, 15) is 0 Å². The summed E-state index contributed by atoms with van der Waals surface area (Å²) < 4.78 is 2.42. The fraction of sp³-hybridized carbons (Fsp3) is 0.0938. The van der Waals surface area contributed by atoms with Crippen molar-refractivity contribution >= 4 is 21.9 Å². The number of nitrogens with zero attached hydrogens (tertiary/aromatic N) is 2. The SMILES string of the molecule is CCc1ccc2c(c1)-n1c3ncccc3c3cccc(c31)C21c2ccccc2-c2ccccc21. The minimum absolute atomic E-state index is 0.349. The van der Waals surface area contributed by atoms with Gasteiger partial charge in [0.25, 0.3) is 0 Å². The van der Waals surface area contributed by atoms with Crippen LogP contribution in [0.3, 0.4) is 0 Å². The van der Waals surface area contributed by atoms with Crippen molar-refractivity contribution < 1.29 is 0 Å². The summed E-state index contributed by atoms with van der Waals surface area (Å²) in [5.41, 5.74) is 12.7. The van der Waals surface area contributed by atoms with Crippen molar-refractivity contribution in [3.63, 3.8) is 0 Å². The molecular formula is C32H22N2. The number of benzene rings is 4. The minimum Gasteiger partial charge on any atom is -0.293 e. The molecule has 0 unspecified atom stereocenters. The predicted octanol–water partition coefficient (Wildman–Crippen LogP) is 7.42. The Balaban J connectivity index is 1.69. The summed E-state index contributed by atoms with van der Waals surface area (Å²) in [7, 11) is 0.